The number of imide groups is 1. The smallest absolute Gasteiger partial charge is 0.261 e. The molecule has 2 aliphatic rings. The number of aryl methyl sites for hydroxylation is 1. The number of ether oxygens (including phenoxy) is 2. The summed E-state index contributed by atoms with van der Waals surface area (Å²) >= 11 is 3.19. The van der Waals surface area contributed by atoms with Crippen LogP contribution in [0.25, 0.3) is 0 Å². The van der Waals surface area contributed by atoms with Crippen LogP contribution in [0, 0.1) is 6.92 Å². The van der Waals surface area contributed by atoms with Gasteiger partial charge in [-0.2, -0.15) is 0 Å². The monoisotopic (exact) mass is 573 g/mol. The third-order valence-corrected chi connectivity index (χ3v) is 9.09. The average Bonchev–Trinajstić information content (AvgIpc) is 3.52. The van der Waals surface area contributed by atoms with Crippen LogP contribution in [0.15, 0.2) is 77.1 Å². The molecule has 1 saturated heterocycles. The molecule has 3 atom stereocenters. The summed E-state index contributed by atoms with van der Waals surface area (Å²) in [7, 11) is 0. The fraction of sp³-hybridized carbons (Fsp3) is 0.267. The maximum atomic E-state index is 12.8. The molecule has 2 aliphatic heterocycles. The minimum atomic E-state index is -0.591. The number of rotatable bonds is 8. The molecule has 1 fully saturated rings. The van der Waals surface area contributed by atoms with E-state index in [0.29, 0.717) is 23.3 Å². The van der Waals surface area contributed by atoms with E-state index in [4.69, 9.17) is 9.47 Å². The van der Waals surface area contributed by atoms with Crippen LogP contribution < -0.4 is 0 Å². The molecule has 0 bridgehead atoms. The van der Waals surface area contributed by atoms with E-state index in [1.807, 2.05) is 55.5 Å². The maximum Gasteiger partial charge on any atom is 0.261 e. The fourth-order valence-electron chi connectivity index (χ4n) is 4.87. The molecular weight excluding hydrogens is 546 g/mol. The molecule has 10 heteroatoms. The summed E-state index contributed by atoms with van der Waals surface area (Å²) in [6.45, 7) is 2.12. The van der Waals surface area contributed by atoms with Crippen molar-refractivity contribution in [2.24, 2.45) is 0 Å². The minimum absolute atomic E-state index is 0.00880. The Bertz CT molecular complexity index is 1490. The molecule has 40 heavy (non-hydrogen) atoms. The van der Waals surface area contributed by atoms with E-state index in [1.54, 1.807) is 47.4 Å². The van der Waals surface area contributed by atoms with E-state index in [-0.39, 0.29) is 37.2 Å². The number of aliphatic hydroxyl groups excluding tert-OH is 1. The molecule has 204 valence electrons. The highest BCUT2D eigenvalue weighted by molar-refractivity contribution is 8.01. The molecule has 3 heterocycles. The van der Waals surface area contributed by atoms with E-state index < -0.39 is 6.29 Å². The quantitative estimate of drug-likeness (QED) is 0.219. The molecule has 4 aromatic rings. The highest BCUT2D eigenvalue weighted by Crippen LogP contribution is 2.40. The lowest BCUT2D eigenvalue weighted by atomic mass is 10.0. The Balaban J connectivity index is 1.18. The van der Waals surface area contributed by atoms with Crippen LogP contribution in [-0.4, -0.2) is 43.9 Å². The molecule has 1 aromatic heterocycles. The van der Waals surface area contributed by atoms with Gasteiger partial charge in [0.1, 0.15) is 5.01 Å². The number of amides is 2. The Hall–Kier alpha value is -3.41. The van der Waals surface area contributed by atoms with Crippen molar-refractivity contribution in [3.63, 3.8) is 0 Å². The topological polar surface area (TPSA) is 102 Å². The van der Waals surface area contributed by atoms with Crippen molar-refractivity contribution in [1.29, 1.82) is 0 Å². The molecule has 6 rings (SSSR count). The first kappa shape index (κ1) is 26.8. The van der Waals surface area contributed by atoms with Crippen LogP contribution in [-0.2, 0) is 22.6 Å². The number of aromatic nitrogens is 2. The number of thioether (sulfide) groups is 1. The minimum Gasteiger partial charge on any atom is -0.392 e. The van der Waals surface area contributed by atoms with Crippen molar-refractivity contribution in [2.75, 3.05) is 5.75 Å². The van der Waals surface area contributed by atoms with Gasteiger partial charge in [-0.25, -0.2) is 0 Å². The number of carbonyl (C=O) groups is 2. The predicted molar refractivity (Wildman–Crippen MR) is 151 cm³/mol. The summed E-state index contributed by atoms with van der Waals surface area (Å²) in [5, 5.41) is 18.7. The van der Waals surface area contributed by atoms with Crippen LogP contribution in [0.1, 0.15) is 66.8 Å². The van der Waals surface area contributed by atoms with Gasteiger partial charge in [-0.1, -0.05) is 83.8 Å². The predicted octanol–water partition coefficient (Wildman–Crippen LogP) is 5.47. The third-order valence-electron chi connectivity index (χ3n) is 6.99. The summed E-state index contributed by atoms with van der Waals surface area (Å²) < 4.78 is 13.7. The van der Waals surface area contributed by atoms with Gasteiger partial charge in [-0.3, -0.25) is 14.5 Å². The number of aliphatic hydroxyl groups is 1. The number of fused-ring (bicyclic) bond motifs is 1. The SMILES string of the molecule is Cc1nnc(SC[C@@H]2C[C@H](c3ccc(CO)cc3)O[C@H](c3ccc(CN4C(=O)c5ccccc5C4=O)cc3)O2)s1. The van der Waals surface area contributed by atoms with E-state index >= 15 is 0 Å². The second-order valence-corrected chi connectivity index (χ2v) is 12.2. The van der Waals surface area contributed by atoms with Crippen molar-refractivity contribution in [2.45, 2.75) is 49.3 Å². The molecule has 0 aliphatic carbocycles. The Morgan fingerprint density at radius 2 is 1.55 bits per heavy atom. The molecule has 0 radical (unpaired) electrons. The maximum absolute atomic E-state index is 12.8. The summed E-state index contributed by atoms with van der Waals surface area (Å²) in [5.74, 6) is 0.159. The number of carbonyl (C=O) groups excluding carboxylic acids is 2. The van der Waals surface area contributed by atoms with Gasteiger partial charge in [-0.15, -0.1) is 10.2 Å². The highest BCUT2D eigenvalue weighted by atomic mass is 32.2. The summed E-state index contributed by atoms with van der Waals surface area (Å²) in [5.41, 5.74) is 4.44. The first-order chi connectivity index (χ1) is 19.5. The number of nitrogens with zero attached hydrogens (tertiary/aromatic N) is 3. The van der Waals surface area contributed by atoms with E-state index in [0.717, 1.165) is 31.6 Å². The normalized spacial score (nSPS) is 20.6. The molecule has 0 spiro atoms. The molecule has 1 N–H and O–H groups in total. The van der Waals surface area contributed by atoms with Crippen molar-refractivity contribution < 1.29 is 24.2 Å². The van der Waals surface area contributed by atoms with Crippen molar-refractivity contribution in [1.82, 2.24) is 15.1 Å². The zero-order valence-electron chi connectivity index (χ0n) is 21.7. The van der Waals surface area contributed by atoms with E-state index in [2.05, 4.69) is 10.2 Å². The van der Waals surface area contributed by atoms with E-state index in [1.165, 1.54) is 4.90 Å². The zero-order valence-corrected chi connectivity index (χ0v) is 23.4. The van der Waals surface area contributed by atoms with Crippen LogP contribution in [0.4, 0.5) is 0 Å². The Morgan fingerprint density at radius 3 is 2.17 bits per heavy atom. The molecule has 2 amide bonds. The molecular formula is C30H27N3O5S2. The highest BCUT2D eigenvalue weighted by Gasteiger charge is 2.35. The molecule has 0 unspecified atom stereocenters. The second kappa shape index (κ2) is 11.6. The van der Waals surface area contributed by atoms with E-state index in [9.17, 15) is 14.7 Å². The zero-order chi connectivity index (χ0) is 27.6. The second-order valence-electron chi connectivity index (χ2n) is 9.73. The van der Waals surface area contributed by atoms with Gasteiger partial charge >= 0.3 is 0 Å². The van der Waals surface area contributed by atoms with Gasteiger partial charge in [0.25, 0.3) is 11.8 Å². The number of hydrogen-bond donors (Lipinski definition) is 1. The van der Waals surface area contributed by atoms with Gasteiger partial charge in [0.05, 0.1) is 36.5 Å². The van der Waals surface area contributed by atoms with Crippen LogP contribution in [0.5, 0.6) is 0 Å². The molecule has 8 nitrogen and oxygen atoms in total. The number of hydrogen-bond acceptors (Lipinski definition) is 9. The molecule has 3 aromatic carbocycles. The molecule has 0 saturated carbocycles. The third kappa shape index (κ3) is 5.59. The van der Waals surface area contributed by atoms with Gasteiger partial charge in [0, 0.05) is 17.7 Å². The van der Waals surface area contributed by atoms with Gasteiger partial charge in [-0.05, 0) is 35.7 Å². The van der Waals surface area contributed by atoms with Gasteiger partial charge in [0.15, 0.2) is 10.6 Å². The van der Waals surface area contributed by atoms with Crippen LogP contribution >= 0.6 is 23.1 Å². The Kier molecular flexibility index (Phi) is 7.77. The summed E-state index contributed by atoms with van der Waals surface area (Å²) in [4.78, 5) is 26.8. The summed E-state index contributed by atoms with van der Waals surface area (Å²) in [6.07, 6.45) is -0.191. The Labute approximate surface area is 240 Å². The number of benzene rings is 3. The van der Waals surface area contributed by atoms with Gasteiger partial charge in [0.2, 0.25) is 0 Å². The first-order valence-electron chi connectivity index (χ1n) is 13.0. The lowest BCUT2D eigenvalue weighted by Gasteiger charge is -2.36. The van der Waals surface area contributed by atoms with Gasteiger partial charge < -0.3 is 14.6 Å². The lowest BCUT2D eigenvalue weighted by Crippen LogP contribution is -2.31. The average molecular weight is 574 g/mol. The van der Waals surface area contributed by atoms with Crippen molar-refractivity contribution in [3.8, 4) is 0 Å². The first-order valence-corrected chi connectivity index (χ1v) is 14.8. The standard InChI is InChI=1S/C30H27N3O5S2/c1-18-31-32-30(40-18)39-17-23-14-26(21-10-8-20(16-34)9-11-21)38-29(37-23)22-12-6-19(7-13-22)15-33-27(35)24-4-2-3-5-25(24)28(33)36/h2-13,23,26,29,34H,14-17H2,1H3/t23-,26+,29+/m0/s1. The fourth-order valence-corrected chi connectivity index (χ4v) is 6.73. The summed E-state index contributed by atoms with van der Waals surface area (Å²) in [6, 6.07) is 22.3. The van der Waals surface area contributed by atoms with Crippen molar-refractivity contribution >= 4 is 34.9 Å². The Morgan fingerprint density at radius 1 is 0.900 bits per heavy atom. The van der Waals surface area contributed by atoms with Crippen molar-refractivity contribution in [3.05, 3.63) is 111 Å². The largest absolute Gasteiger partial charge is 0.392 e. The lowest BCUT2D eigenvalue weighted by molar-refractivity contribution is -0.245. The van der Waals surface area contributed by atoms with Crippen LogP contribution in [0.3, 0.4) is 0 Å². The van der Waals surface area contributed by atoms with Crippen LogP contribution in [0.2, 0.25) is 0 Å².